The van der Waals surface area contributed by atoms with Crippen LogP contribution in [-0.2, 0) is 35.2 Å². The molecule has 2 aliphatic rings. The Morgan fingerprint density at radius 1 is 0.907 bits per heavy atom. The third kappa shape index (κ3) is 9.60. The second-order valence-corrected chi connectivity index (χ2v) is 14.4. The number of amides is 5. The van der Waals surface area contributed by atoms with Crippen LogP contribution in [0.3, 0.4) is 0 Å². The van der Waals surface area contributed by atoms with Crippen molar-refractivity contribution in [3.63, 3.8) is 0 Å². The number of carbonyl (C=O) groups excluding carboxylic acids is 6. The Balaban J connectivity index is 1.53. The zero-order valence-electron chi connectivity index (χ0n) is 30.8. The number of hydrogen-bond acceptors (Lipinski definition) is 9. The predicted octanol–water partition coefficient (Wildman–Crippen LogP) is 1.52. The number of aromatic nitrogens is 2. The molecule has 292 valence electrons. The van der Waals surface area contributed by atoms with Crippen LogP contribution in [0.15, 0.2) is 48.9 Å². The number of carboxylic acids is 1. The van der Waals surface area contributed by atoms with E-state index in [1.165, 1.54) is 25.5 Å². The van der Waals surface area contributed by atoms with E-state index in [0.29, 0.717) is 5.56 Å². The summed E-state index contributed by atoms with van der Waals surface area (Å²) >= 11 is 0. The molecule has 5 N–H and O–H groups in total. The normalized spacial score (nSPS) is 21.0. The molecule has 1 saturated carbocycles. The van der Waals surface area contributed by atoms with Gasteiger partial charge in [-0.1, -0.05) is 65.0 Å². The highest BCUT2D eigenvalue weighted by atomic mass is 19.3. The summed E-state index contributed by atoms with van der Waals surface area (Å²) in [4.78, 5) is 102. The number of likely N-dealkylation sites (tertiary alicyclic amines) is 1. The van der Waals surface area contributed by atoms with Crippen molar-refractivity contribution in [1.29, 1.82) is 0 Å². The summed E-state index contributed by atoms with van der Waals surface area (Å²) in [6, 6.07) is 1.59. The molecule has 7 atom stereocenters. The molecule has 2 fully saturated rings. The Bertz CT molecular complexity index is 1710. The van der Waals surface area contributed by atoms with Gasteiger partial charge in [0.05, 0.1) is 12.2 Å². The average Bonchev–Trinajstić information content (AvgIpc) is 3.67. The van der Waals surface area contributed by atoms with Gasteiger partial charge >= 0.3 is 5.97 Å². The first kappa shape index (κ1) is 41.4. The molecule has 17 heteroatoms. The lowest BCUT2D eigenvalue weighted by Crippen LogP contribution is -2.60. The number of carbonyl (C=O) groups is 7. The van der Waals surface area contributed by atoms with Gasteiger partial charge in [-0.3, -0.25) is 33.8 Å². The summed E-state index contributed by atoms with van der Waals surface area (Å²) in [7, 11) is 0. The number of ketones is 1. The number of aliphatic carboxylic acids is 1. The van der Waals surface area contributed by atoms with E-state index in [2.05, 4.69) is 31.2 Å². The van der Waals surface area contributed by atoms with Crippen LogP contribution in [0.25, 0.3) is 0 Å². The molecule has 1 aliphatic carbocycles. The van der Waals surface area contributed by atoms with Crippen molar-refractivity contribution >= 4 is 41.3 Å². The van der Waals surface area contributed by atoms with E-state index in [0.717, 1.165) is 4.90 Å². The van der Waals surface area contributed by atoms with Gasteiger partial charge in [-0.05, 0) is 36.2 Å². The van der Waals surface area contributed by atoms with Crippen LogP contribution in [0.2, 0.25) is 0 Å². The monoisotopic (exact) mass is 755 g/mol. The maximum atomic E-state index is 15.2. The number of nitrogens with one attached hydrogen (secondary N) is 4. The zero-order chi connectivity index (χ0) is 39.9. The summed E-state index contributed by atoms with van der Waals surface area (Å²) in [5, 5.41) is 19.6. The largest absolute Gasteiger partial charge is 0.480 e. The van der Waals surface area contributed by atoms with Gasteiger partial charge in [0.15, 0.2) is 0 Å². The lowest BCUT2D eigenvalue weighted by Gasteiger charge is -2.34. The number of Topliss-reactive ketones (excluding diaryl/α,β-unsaturated/α-hetero) is 1. The Hall–Kier alpha value is -5.35. The van der Waals surface area contributed by atoms with Crippen LogP contribution in [0.4, 0.5) is 8.78 Å². The minimum absolute atomic E-state index is 0.0407. The van der Waals surface area contributed by atoms with Gasteiger partial charge in [0.2, 0.25) is 23.5 Å². The van der Waals surface area contributed by atoms with E-state index in [1.54, 1.807) is 58.0 Å². The van der Waals surface area contributed by atoms with Crippen molar-refractivity contribution in [3.05, 3.63) is 60.2 Å². The fourth-order valence-electron chi connectivity index (χ4n) is 6.97. The van der Waals surface area contributed by atoms with Crippen molar-refractivity contribution in [2.45, 2.75) is 96.4 Å². The van der Waals surface area contributed by atoms with E-state index in [1.807, 2.05) is 0 Å². The van der Waals surface area contributed by atoms with Gasteiger partial charge in [-0.2, -0.15) is 0 Å². The topological polar surface area (TPSA) is 217 Å². The van der Waals surface area contributed by atoms with Crippen LogP contribution in [-0.4, -0.2) is 104 Å². The fourth-order valence-corrected chi connectivity index (χ4v) is 6.97. The highest BCUT2D eigenvalue weighted by molar-refractivity contribution is 6.38. The van der Waals surface area contributed by atoms with Crippen molar-refractivity contribution in [2.75, 3.05) is 6.54 Å². The molecule has 1 aromatic heterocycles. The van der Waals surface area contributed by atoms with Gasteiger partial charge in [0, 0.05) is 37.7 Å². The van der Waals surface area contributed by atoms with E-state index >= 15 is 8.78 Å². The van der Waals surface area contributed by atoms with Gasteiger partial charge in [-0.25, -0.2) is 18.6 Å². The molecule has 5 amide bonds. The van der Waals surface area contributed by atoms with Crippen molar-refractivity contribution in [1.82, 2.24) is 36.1 Å². The fraction of sp³-hybridized carbons (Fsp3) is 0.541. The second-order valence-electron chi connectivity index (χ2n) is 14.4. The Kier molecular flexibility index (Phi) is 13.5. The summed E-state index contributed by atoms with van der Waals surface area (Å²) in [6.45, 7) is 7.59. The maximum Gasteiger partial charge on any atom is 0.326 e. The van der Waals surface area contributed by atoms with Gasteiger partial charge in [0.25, 0.3) is 17.7 Å². The highest BCUT2D eigenvalue weighted by Gasteiger charge is 2.61. The molecule has 0 bridgehead atoms. The molecule has 54 heavy (non-hydrogen) atoms. The molecular formula is C37H47F2N7O8. The lowest BCUT2D eigenvalue weighted by molar-refractivity contribution is -0.146. The number of rotatable bonds is 16. The summed E-state index contributed by atoms with van der Waals surface area (Å²) in [5.74, 6) is -13.6. The molecule has 1 aromatic carbocycles. The van der Waals surface area contributed by atoms with Crippen LogP contribution in [0.1, 0.15) is 69.9 Å². The third-order valence-electron chi connectivity index (χ3n) is 9.97. The zero-order valence-corrected chi connectivity index (χ0v) is 30.8. The molecule has 1 saturated heterocycles. The van der Waals surface area contributed by atoms with Gasteiger partial charge in [0.1, 0.15) is 29.9 Å². The minimum atomic E-state index is -3.20. The summed E-state index contributed by atoms with van der Waals surface area (Å²) in [6.07, 6.45) is 3.06. The van der Waals surface area contributed by atoms with E-state index in [9.17, 15) is 38.7 Å². The van der Waals surface area contributed by atoms with Crippen LogP contribution >= 0.6 is 0 Å². The number of halogens is 2. The quantitative estimate of drug-likeness (QED) is 0.156. The Morgan fingerprint density at radius 2 is 1.57 bits per heavy atom. The number of carboxylic acid groups (broad SMARTS) is 1. The number of benzene rings is 1. The molecule has 15 nitrogen and oxygen atoms in total. The lowest BCUT2D eigenvalue weighted by atomic mass is 9.91. The standard InChI is InChI=1S/C37H47F2N7O8/c1-6-24(30(47)34(51)43-25(36(53)54)16-21-10-8-7-9-11-21)42-33(50)29-22-12-13-37(38,39)23(22)18-46(29)35(52)28(20(4)5)45-32(49)27(19(2)3)44-31(48)26-17-40-14-15-41-26/h7-11,14-15,17,19-20,22-25,27-29H,6,12-13,16,18H2,1-5H3,(H,42,50)(H,43,51)(H,44,48)(H,45,49)(H,53,54). The first-order valence-electron chi connectivity index (χ1n) is 17.9. The van der Waals surface area contributed by atoms with E-state index in [-0.39, 0.29) is 25.0 Å². The SMILES string of the molecule is CCC(NC(=O)C1C2CCC(F)(F)C2CN1C(=O)C(NC(=O)C(NC(=O)c1cnccn1)C(C)C)C(C)C)C(=O)C(=O)NC(Cc1ccccc1)C(=O)O. The first-order chi connectivity index (χ1) is 25.5. The van der Waals surface area contributed by atoms with Gasteiger partial charge < -0.3 is 31.3 Å². The van der Waals surface area contributed by atoms with Crippen molar-refractivity contribution in [2.24, 2.45) is 23.7 Å². The number of fused-ring (bicyclic) bond motifs is 1. The van der Waals surface area contributed by atoms with Crippen LogP contribution in [0.5, 0.6) is 0 Å². The predicted molar refractivity (Wildman–Crippen MR) is 188 cm³/mol. The van der Waals surface area contributed by atoms with E-state index in [4.69, 9.17) is 0 Å². The molecule has 4 rings (SSSR count). The summed E-state index contributed by atoms with van der Waals surface area (Å²) in [5.41, 5.74) is 0.551. The minimum Gasteiger partial charge on any atom is -0.480 e. The van der Waals surface area contributed by atoms with Gasteiger partial charge in [-0.15, -0.1) is 0 Å². The molecule has 1 aliphatic heterocycles. The molecular weight excluding hydrogens is 708 g/mol. The average molecular weight is 756 g/mol. The third-order valence-corrected chi connectivity index (χ3v) is 9.97. The number of alkyl halides is 2. The van der Waals surface area contributed by atoms with Crippen molar-refractivity contribution in [3.8, 4) is 0 Å². The van der Waals surface area contributed by atoms with Crippen LogP contribution in [0, 0.1) is 23.7 Å². The van der Waals surface area contributed by atoms with Crippen LogP contribution < -0.4 is 21.3 Å². The summed E-state index contributed by atoms with van der Waals surface area (Å²) < 4.78 is 30.3. The Labute approximate surface area is 311 Å². The highest BCUT2D eigenvalue weighted by Crippen LogP contribution is 2.51. The molecule has 0 spiro atoms. The molecule has 7 unspecified atom stereocenters. The first-order valence-corrected chi connectivity index (χ1v) is 17.9. The maximum absolute atomic E-state index is 15.2. The smallest absolute Gasteiger partial charge is 0.326 e. The number of hydrogen-bond donors (Lipinski definition) is 5. The molecule has 2 heterocycles. The number of nitrogens with zero attached hydrogens (tertiary/aromatic N) is 3. The molecule has 0 radical (unpaired) electrons. The Morgan fingerprint density at radius 3 is 2.15 bits per heavy atom. The molecule has 2 aromatic rings. The second kappa shape index (κ2) is 17.6. The van der Waals surface area contributed by atoms with Crippen molar-refractivity contribution < 1.29 is 47.4 Å². The van der Waals surface area contributed by atoms with E-state index < -0.39 is 114 Å².